The van der Waals surface area contributed by atoms with Crippen molar-refractivity contribution >= 4 is 17.1 Å². The van der Waals surface area contributed by atoms with Gasteiger partial charge in [-0.2, -0.15) is 0 Å². The predicted octanol–water partition coefficient (Wildman–Crippen LogP) is 1.52. The van der Waals surface area contributed by atoms with E-state index in [-0.39, 0.29) is 29.9 Å². The molecule has 1 aromatic heterocycles. The minimum absolute atomic E-state index is 0.0282. The van der Waals surface area contributed by atoms with Crippen LogP contribution in [0.5, 0.6) is 0 Å². The zero-order valence-electron chi connectivity index (χ0n) is 18.0. The largest absolute Gasteiger partial charge is 0.390 e. The van der Waals surface area contributed by atoms with Crippen LogP contribution >= 0.6 is 0 Å². The van der Waals surface area contributed by atoms with Gasteiger partial charge in [-0.1, -0.05) is 12.1 Å². The second-order valence-corrected chi connectivity index (χ2v) is 8.98. The second-order valence-electron chi connectivity index (χ2n) is 8.98. The first kappa shape index (κ1) is 21.1. The van der Waals surface area contributed by atoms with E-state index in [2.05, 4.69) is 15.5 Å². The van der Waals surface area contributed by atoms with Gasteiger partial charge in [0.1, 0.15) is 0 Å². The Bertz CT molecular complexity index is 951. The van der Waals surface area contributed by atoms with Crippen LogP contribution in [0, 0.1) is 0 Å². The average Bonchev–Trinajstić information content (AvgIpc) is 3.10. The molecule has 1 unspecified atom stereocenters. The Hall–Kier alpha value is -2.16. The number of nitrogens with zero attached hydrogens (tertiary/aromatic N) is 3. The number of benzene rings is 1. The summed E-state index contributed by atoms with van der Waals surface area (Å²) in [6, 6.07) is 7.86. The maximum absolute atomic E-state index is 13.1. The van der Waals surface area contributed by atoms with Gasteiger partial charge in [-0.05, 0) is 58.7 Å². The molecule has 30 heavy (non-hydrogen) atoms. The third-order valence-electron chi connectivity index (χ3n) is 6.57. The summed E-state index contributed by atoms with van der Waals surface area (Å²) in [6.45, 7) is 5.15. The van der Waals surface area contributed by atoms with Crippen LogP contribution in [-0.2, 0) is 0 Å². The monoisotopic (exact) mass is 415 g/mol. The number of aromatic nitrogens is 2. The van der Waals surface area contributed by atoms with Crippen LogP contribution in [0.2, 0.25) is 0 Å². The molecule has 1 amide bonds. The van der Waals surface area contributed by atoms with Crippen LogP contribution in [0.15, 0.2) is 29.1 Å². The minimum Gasteiger partial charge on any atom is -0.390 e. The molecule has 0 saturated carbocycles. The number of aliphatic hydroxyl groups excluding tert-OH is 1. The minimum atomic E-state index is -0.384. The van der Waals surface area contributed by atoms with Crippen LogP contribution in [0.4, 0.5) is 4.79 Å². The quantitative estimate of drug-likeness (QED) is 0.665. The van der Waals surface area contributed by atoms with Crippen molar-refractivity contribution in [3.63, 3.8) is 0 Å². The highest BCUT2D eigenvalue weighted by Crippen LogP contribution is 2.35. The van der Waals surface area contributed by atoms with E-state index >= 15 is 0 Å². The molecule has 0 spiro atoms. The Morgan fingerprint density at radius 3 is 2.40 bits per heavy atom. The van der Waals surface area contributed by atoms with Gasteiger partial charge in [0.25, 0.3) is 0 Å². The lowest BCUT2D eigenvalue weighted by molar-refractivity contribution is 0.0543. The molecule has 8 nitrogen and oxygen atoms in total. The van der Waals surface area contributed by atoms with E-state index in [1.54, 1.807) is 4.57 Å². The first-order valence-corrected chi connectivity index (χ1v) is 11.0. The molecule has 3 heterocycles. The van der Waals surface area contributed by atoms with E-state index in [0.29, 0.717) is 30.7 Å². The van der Waals surface area contributed by atoms with E-state index < -0.39 is 0 Å². The summed E-state index contributed by atoms with van der Waals surface area (Å²) in [7, 11) is 1.85. The van der Waals surface area contributed by atoms with Crippen LogP contribution in [0.25, 0.3) is 11.0 Å². The third-order valence-corrected chi connectivity index (χ3v) is 6.57. The summed E-state index contributed by atoms with van der Waals surface area (Å²) in [5.41, 5.74) is 1.13. The number of piperidine rings is 1. The van der Waals surface area contributed by atoms with Crippen molar-refractivity contribution in [2.24, 2.45) is 0 Å². The predicted molar refractivity (Wildman–Crippen MR) is 117 cm³/mol. The number of carbonyl (C=O) groups is 1. The first-order chi connectivity index (χ1) is 14.4. The molecular weight excluding hydrogens is 382 g/mol. The fraction of sp³-hybridized carbons (Fsp3) is 0.636. The van der Waals surface area contributed by atoms with E-state index in [1.165, 1.54) is 4.57 Å². The van der Waals surface area contributed by atoms with Gasteiger partial charge < -0.3 is 15.7 Å². The summed E-state index contributed by atoms with van der Waals surface area (Å²) in [4.78, 5) is 28.6. The van der Waals surface area contributed by atoms with Gasteiger partial charge in [0.15, 0.2) is 0 Å². The maximum Gasteiger partial charge on any atom is 0.337 e. The first-order valence-electron chi connectivity index (χ1n) is 11.0. The highest BCUT2D eigenvalue weighted by atomic mass is 16.3. The number of hydrogen-bond donors (Lipinski definition) is 3. The van der Waals surface area contributed by atoms with Crippen LogP contribution < -0.4 is 16.3 Å². The number of aliphatic hydroxyl groups is 1. The van der Waals surface area contributed by atoms with E-state index in [1.807, 2.05) is 45.2 Å². The number of hydrogen-bond acceptors (Lipinski definition) is 5. The Morgan fingerprint density at radius 2 is 1.80 bits per heavy atom. The van der Waals surface area contributed by atoms with Gasteiger partial charge in [0.2, 0.25) is 0 Å². The highest BCUT2D eigenvalue weighted by Gasteiger charge is 2.41. The normalized spacial score (nSPS) is 25.2. The van der Waals surface area contributed by atoms with Crippen LogP contribution in [0.1, 0.15) is 45.6 Å². The van der Waals surface area contributed by atoms with Crippen LogP contribution in [-0.4, -0.2) is 69.5 Å². The van der Waals surface area contributed by atoms with Gasteiger partial charge in [0.05, 0.1) is 17.1 Å². The zero-order valence-corrected chi connectivity index (χ0v) is 18.0. The molecule has 2 aromatic rings. The standard InChI is InChI=1S/C22H33N5O3/c1-14(2)26-19-6-4-5-7-20(19)27(22(26)30)21(29)24-15-10-16-8-9-17(11-15)25(16)13-18(28)12-23-3/h4-7,14-18,23,28H,8-13H2,1-3H3,(H,24,29)/t15?,16-,17+,18-/m0/s1. The Morgan fingerprint density at radius 1 is 1.17 bits per heavy atom. The van der Waals surface area contributed by atoms with Gasteiger partial charge >= 0.3 is 11.7 Å². The van der Waals surface area contributed by atoms with Gasteiger partial charge in [-0.25, -0.2) is 14.2 Å². The van der Waals surface area contributed by atoms with E-state index in [4.69, 9.17) is 0 Å². The van der Waals surface area contributed by atoms with Gasteiger partial charge in [0, 0.05) is 37.3 Å². The number of rotatable bonds is 6. The molecule has 0 aliphatic carbocycles. The molecular formula is C22H33N5O3. The molecule has 1 aromatic carbocycles. The molecule has 4 atom stereocenters. The number of imidazole rings is 1. The topological polar surface area (TPSA) is 91.5 Å². The van der Waals surface area contributed by atoms with Gasteiger partial charge in [-0.15, -0.1) is 0 Å². The molecule has 0 radical (unpaired) electrons. The van der Waals surface area contributed by atoms with Crippen molar-refractivity contribution in [2.75, 3.05) is 20.1 Å². The molecule has 4 rings (SSSR count). The lowest BCUT2D eigenvalue weighted by Gasteiger charge is -2.40. The maximum atomic E-state index is 13.1. The Balaban J connectivity index is 1.50. The summed E-state index contributed by atoms with van der Waals surface area (Å²) in [5, 5.41) is 16.3. The summed E-state index contributed by atoms with van der Waals surface area (Å²) in [6.07, 6.45) is 3.51. The number of amides is 1. The smallest absolute Gasteiger partial charge is 0.337 e. The zero-order chi connectivity index (χ0) is 21.4. The lowest BCUT2D eigenvalue weighted by Crippen LogP contribution is -2.54. The summed E-state index contributed by atoms with van der Waals surface area (Å²) < 4.78 is 2.95. The number of fused-ring (bicyclic) bond motifs is 3. The van der Waals surface area contributed by atoms with Gasteiger partial charge in [-0.3, -0.25) is 9.47 Å². The molecule has 2 aliphatic heterocycles. The van der Waals surface area contributed by atoms with Crippen molar-refractivity contribution in [3.05, 3.63) is 34.7 Å². The molecule has 2 aliphatic rings. The Labute approximate surface area is 176 Å². The van der Waals surface area contributed by atoms with Crippen molar-refractivity contribution < 1.29 is 9.90 Å². The fourth-order valence-electron chi connectivity index (χ4n) is 5.34. The molecule has 2 fully saturated rings. The summed E-state index contributed by atoms with van der Waals surface area (Å²) >= 11 is 0. The average molecular weight is 416 g/mol. The molecule has 3 N–H and O–H groups in total. The van der Waals surface area contributed by atoms with Crippen LogP contribution in [0.3, 0.4) is 0 Å². The number of para-hydroxylation sites is 2. The lowest BCUT2D eigenvalue weighted by atomic mass is 9.97. The number of likely N-dealkylation sites (N-methyl/N-ethyl adjacent to an activating group) is 1. The molecule has 164 valence electrons. The molecule has 2 bridgehead atoms. The van der Waals surface area contributed by atoms with Crippen molar-refractivity contribution in [1.82, 2.24) is 24.7 Å². The van der Waals surface area contributed by atoms with Crippen molar-refractivity contribution in [1.29, 1.82) is 0 Å². The third kappa shape index (κ3) is 3.79. The molecule has 8 heteroatoms. The Kier molecular flexibility index (Phi) is 5.99. The fourth-order valence-corrected chi connectivity index (χ4v) is 5.34. The van der Waals surface area contributed by atoms with Crippen molar-refractivity contribution in [2.45, 2.75) is 69.8 Å². The van der Waals surface area contributed by atoms with E-state index in [9.17, 15) is 14.7 Å². The molecule has 2 saturated heterocycles. The summed E-state index contributed by atoms with van der Waals surface area (Å²) in [5.74, 6) is 0. The highest BCUT2D eigenvalue weighted by molar-refractivity contribution is 5.89. The number of carbonyl (C=O) groups excluding carboxylic acids is 1. The SMILES string of the molecule is CNC[C@H](O)CN1[C@@H]2CC[C@H]1CC(NC(=O)n1c(=O)n(C(C)C)c3ccccc31)C2. The second kappa shape index (κ2) is 8.53. The van der Waals surface area contributed by atoms with Crippen molar-refractivity contribution in [3.8, 4) is 0 Å². The number of nitrogens with one attached hydrogen (secondary N) is 2. The van der Waals surface area contributed by atoms with E-state index in [0.717, 1.165) is 31.2 Å².